The van der Waals surface area contributed by atoms with Crippen LogP contribution in [0.15, 0.2) is 36.4 Å². The van der Waals surface area contributed by atoms with E-state index in [0.29, 0.717) is 22.7 Å². The zero-order chi connectivity index (χ0) is 15.4. The molecule has 2 rings (SSSR count). The topological polar surface area (TPSA) is 67.8 Å². The molecule has 2 N–H and O–H groups in total. The lowest BCUT2D eigenvalue weighted by molar-refractivity contribution is 0.102. The highest BCUT2D eigenvalue weighted by molar-refractivity contribution is 6.06. The SMILES string of the molecule is COc1ccc(C(=O)Nc2ccc(O)cc2C)c(OC)c1. The highest BCUT2D eigenvalue weighted by atomic mass is 16.5. The third-order valence-corrected chi connectivity index (χ3v) is 3.11. The normalized spacial score (nSPS) is 10.0. The van der Waals surface area contributed by atoms with Crippen LogP contribution in [-0.2, 0) is 0 Å². The Morgan fingerprint density at radius 1 is 1.10 bits per heavy atom. The minimum atomic E-state index is -0.289. The van der Waals surface area contributed by atoms with Crippen LogP contribution >= 0.6 is 0 Å². The number of phenolic OH excluding ortho intramolecular Hbond substituents is 1. The first-order valence-corrected chi connectivity index (χ1v) is 6.38. The summed E-state index contributed by atoms with van der Waals surface area (Å²) in [5, 5.41) is 12.2. The molecule has 0 aliphatic carbocycles. The second-order valence-corrected chi connectivity index (χ2v) is 4.52. The number of nitrogens with one attached hydrogen (secondary N) is 1. The number of methoxy groups -OCH3 is 2. The van der Waals surface area contributed by atoms with E-state index in [0.717, 1.165) is 5.56 Å². The lowest BCUT2D eigenvalue weighted by Gasteiger charge is -2.12. The minimum absolute atomic E-state index is 0.160. The van der Waals surface area contributed by atoms with Crippen LogP contribution in [0, 0.1) is 6.92 Å². The number of anilines is 1. The molecule has 0 bridgehead atoms. The number of aromatic hydroxyl groups is 1. The molecule has 2 aromatic rings. The standard InChI is InChI=1S/C16H17NO4/c1-10-8-11(18)4-7-14(10)17-16(19)13-6-5-12(20-2)9-15(13)21-3/h4-9,18H,1-3H3,(H,17,19). The van der Waals surface area contributed by atoms with E-state index in [1.165, 1.54) is 13.2 Å². The van der Waals surface area contributed by atoms with Gasteiger partial charge < -0.3 is 19.9 Å². The van der Waals surface area contributed by atoms with E-state index in [9.17, 15) is 9.90 Å². The van der Waals surface area contributed by atoms with Crippen molar-refractivity contribution in [3.63, 3.8) is 0 Å². The van der Waals surface area contributed by atoms with Gasteiger partial charge in [-0.2, -0.15) is 0 Å². The number of carbonyl (C=O) groups is 1. The average Bonchev–Trinajstić information content (AvgIpc) is 2.49. The van der Waals surface area contributed by atoms with Crippen LogP contribution in [-0.4, -0.2) is 25.2 Å². The van der Waals surface area contributed by atoms with Gasteiger partial charge >= 0.3 is 0 Å². The van der Waals surface area contributed by atoms with Gasteiger partial charge in [0.1, 0.15) is 17.2 Å². The predicted octanol–water partition coefficient (Wildman–Crippen LogP) is 2.97. The van der Waals surface area contributed by atoms with Gasteiger partial charge in [0.25, 0.3) is 5.91 Å². The highest BCUT2D eigenvalue weighted by Crippen LogP contribution is 2.26. The Labute approximate surface area is 123 Å². The van der Waals surface area contributed by atoms with Gasteiger partial charge in [-0.3, -0.25) is 4.79 Å². The van der Waals surface area contributed by atoms with Crippen molar-refractivity contribution in [1.29, 1.82) is 0 Å². The molecule has 0 fully saturated rings. The monoisotopic (exact) mass is 287 g/mol. The van der Waals surface area contributed by atoms with Gasteiger partial charge in [0.2, 0.25) is 0 Å². The van der Waals surface area contributed by atoms with Crippen molar-refractivity contribution in [2.24, 2.45) is 0 Å². The van der Waals surface area contributed by atoms with E-state index in [1.54, 1.807) is 44.4 Å². The molecular formula is C16H17NO4. The molecular weight excluding hydrogens is 270 g/mol. The first-order valence-electron chi connectivity index (χ1n) is 6.38. The lowest BCUT2D eigenvalue weighted by Crippen LogP contribution is -2.14. The number of amides is 1. The van der Waals surface area contributed by atoms with Crippen molar-refractivity contribution in [3.8, 4) is 17.2 Å². The van der Waals surface area contributed by atoms with E-state index in [-0.39, 0.29) is 11.7 Å². The van der Waals surface area contributed by atoms with Crippen LogP contribution in [0.25, 0.3) is 0 Å². The number of hydrogen-bond donors (Lipinski definition) is 2. The molecule has 0 aliphatic heterocycles. The fourth-order valence-corrected chi connectivity index (χ4v) is 1.96. The van der Waals surface area contributed by atoms with Gasteiger partial charge in [-0.05, 0) is 42.8 Å². The summed E-state index contributed by atoms with van der Waals surface area (Å²) in [5.74, 6) is 0.920. The Hall–Kier alpha value is -2.69. The number of hydrogen-bond acceptors (Lipinski definition) is 4. The summed E-state index contributed by atoms with van der Waals surface area (Å²) < 4.78 is 10.3. The minimum Gasteiger partial charge on any atom is -0.508 e. The maximum Gasteiger partial charge on any atom is 0.259 e. The second kappa shape index (κ2) is 6.17. The summed E-state index contributed by atoms with van der Waals surface area (Å²) in [5.41, 5.74) is 1.82. The fraction of sp³-hybridized carbons (Fsp3) is 0.188. The molecule has 2 aromatic carbocycles. The van der Waals surface area contributed by atoms with Crippen molar-refractivity contribution in [3.05, 3.63) is 47.5 Å². The summed E-state index contributed by atoms with van der Waals surface area (Å²) >= 11 is 0. The van der Waals surface area contributed by atoms with Crippen LogP contribution in [0.3, 0.4) is 0 Å². The van der Waals surface area contributed by atoms with Crippen molar-refractivity contribution in [2.75, 3.05) is 19.5 Å². The van der Waals surface area contributed by atoms with Crippen LogP contribution in [0.5, 0.6) is 17.2 Å². The highest BCUT2D eigenvalue weighted by Gasteiger charge is 2.14. The maximum absolute atomic E-state index is 12.3. The summed E-state index contributed by atoms with van der Waals surface area (Å²) in [6.45, 7) is 1.81. The maximum atomic E-state index is 12.3. The van der Waals surface area contributed by atoms with Crippen LogP contribution in [0.2, 0.25) is 0 Å². The number of ether oxygens (including phenoxy) is 2. The van der Waals surface area contributed by atoms with E-state index >= 15 is 0 Å². The van der Waals surface area contributed by atoms with E-state index in [2.05, 4.69) is 5.32 Å². The molecule has 1 amide bonds. The Morgan fingerprint density at radius 3 is 2.48 bits per heavy atom. The molecule has 0 heterocycles. The Kier molecular flexibility index (Phi) is 4.33. The van der Waals surface area contributed by atoms with Crippen molar-refractivity contribution >= 4 is 11.6 Å². The van der Waals surface area contributed by atoms with Crippen LogP contribution in [0.4, 0.5) is 5.69 Å². The van der Waals surface area contributed by atoms with E-state index < -0.39 is 0 Å². The third-order valence-electron chi connectivity index (χ3n) is 3.11. The number of rotatable bonds is 4. The molecule has 0 unspecified atom stereocenters. The van der Waals surface area contributed by atoms with Gasteiger partial charge in [0.15, 0.2) is 0 Å². The molecule has 21 heavy (non-hydrogen) atoms. The van der Waals surface area contributed by atoms with Gasteiger partial charge in [0, 0.05) is 11.8 Å². The first-order chi connectivity index (χ1) is 10.0. The van der Waals surface area contributed by atoms with Crippen molar-refractivity contribution in [2.45, 2.75) is 6.92 Å². The number of aryl methyl sites for hydroxylation is 1. The molecule has 0 aromatic heterocycles. The predicted molar refractivity (Wildman–Crippen MR) is 80.3 cm³/mol. The van der Waals surface area contributed by atoms with Gasteiger partial charge in [-0.15, -0.1) is 0 Å². The fourth-order valence-electron chi connectivity index (χ4n) is 1.96. The zero-order valence-corrected chi connectivity index (χ0v) is 12.1. The number of benzene rings is 2. The molecule has 0 spiro atoms. The summed E-state index contributed by atoms with van der Waals surface area (Å²) in [4.78, 5) is 12.3. The van der Waals surface area contributed by atoms with Crippen LogP contribution in [0.1, 0.15) is 15.9 Å². The molecule has 110 valence electrons. The van der Waals surface area contributed by atoms with E-state index in [1.807, 2.05) is 0 Å². The molecule has 5 nitrogen and oxygen atoms in total. The first kappa shape index (κ1) is 14.7. The molecule has 0 radical (unpaired) electrons. The molecule has 0 aliphatic rings. The Balaban J connectivity index is 2.28. The van der Waals surface area contributed by atoms with Crippen molar-refractivity contribution < 1.29 is 19.4 Å². The summed E-state index contributed by atoms with van der Waals surface area (Å²) in [6, 6.07) is 9.75. The number of phenols is 1. The van der Waals surface area contributed by atoms with Crippen molar-refractivity contribution in [1.82, 2.24) is 0 Å². The second-order valence-electron chi connectivity index (χ2n) is 4.52. The number of carbonyl (C=O) groups excluding carboxylic acids is 1. The van der Waals surface area contributed by atoms with Gasteiger partial charge in [-0.1, -0.05) is 0 Å². The summed E-state index contributed by atoms with van der Waals surface area (Å²) in [6.07, 6.45) is 0. The zero-order valence-electron chi connectivity index (χ0n) is 12.1. The molecule has 5 heteroatoms. The van der Waals surface area contributed by atoms with Crippen LogP contribution < -0.4 is 14.8 Å². The van der Waals surface area contributed by atoms with Gasteiger partial charge in [0.05, 0.1) is 19.8 Å². The quantitative estimate of drug-likeness (QED) is 0.848. The lowest BCUT2D eigenvalue weighted by atomic mass is 10.1. The van der Waals surface area contributed by atoms with E-state index in [4.69, 9.17) is 9.47 Å². The summed E-state index contributed by atoms with van der Waals surface area (Å²) in [7, 11) is 3.05. The molecule has 0 atom stereocenters. The molecule has 0 saturated carbocycles. The average molecular weight is 287 g/mol. The molecule has 0 saturated heterocycles. The Morgan fingerprint density at radius 2 is 1.86 bits per heavy atom. The smallest absolute Gasteiger partial charge is 0.259 e. The van der Waals surface area contributed by atoms with Gasteiger partial charge in [-0.25, -0.2) is 0 Å². The Bertz CT molecular complexity index is 667. The largest absolute Gasteiger partial charge is 0.508 e. The third kappa shape index (κ3) is 3.25.